The van der Waals surface area contributed by atoms with Gasteiger partial charge in [-0.1, -0.05) is 6.08 Å². The smallest absolute Gasteiger partial charge is 0.246 e. The normalized spacial score (nSPS) is 18.8. The number of allylic oxidation sites excluding steroid dienone is 1. The van der Waals surface area contributed by atoms with E-state index in [-0.39, 0.29) is 0 Å². The van der Waals surface area contributed by atoms with E-state index in [9.17, 15) is 8.42 Å². The SMILES string of the molecule is C/C=C\N=C/N1c2nccn2S1(=O)=O. The van der Waals surface area contributed by atoms with Crippen LogP contribution in [0.4, 0.5) is 5.95 Å². The molecule has 0 saturated carbocycles. The van der Waals surface area contributed by atoms with Gasteiger partial charge in [-0.05, 0) is 6.92 Å². The molecule has 0 amide bonds. The third-order valence-corrected chi connectivity index (χ3v) is 3.23. The predicted molar refractivity (Wildman–Crippen MR) is 52.3 cm³/mol. The summed E-state index contributed by atoms with van der Waals surface area (Å²) in [4.78, 5) is 7.63. The first-order valence-corrected chi connectivity index (χ1v) is 5.30. The fourth-order valence-corrected chi connectivity index (χ4v) is 2.22. The molecule has 0 atom stereocenters. The van der Waals surface area contributed by atoms with Gasteiger partial charge in [0.25, 0.3) is 0 Å². The van der Waals surface area contributed by atoms with E-state index in [2.05, 4.69) is 9.98 Å². The maximum Gasteiger partial charge on any atom is 0.340 e. The molecule has 6 nitrogen and oxygen atoms in total. The lowest BCUT2D eigenvalue weighted by Crippen LogP contribution is -2.45. The Hall–Kier alpha value is -1.63. The lowest BCUT2D eigenvalue weighted by Gasteiger charge is -2.27. The van der Waals surface area contributed by atoms with Crippen LogP contribution in [0.25, 0.3) is 0 Å². The van der Waals surface area contributed by atoms with E-state index in [0.29, 0.717) is 5.95 Å². The standard InChI is InChI=1S/C7H8N4O2S/c1-2-3-8-6-11-7-9-4-5-10(7)14(11,12)13/h2-6H,1H3/b3-2-,8-6-. The second-order valence-corrected chi connectivity index (χ2v) is 4.26. The Morgan fingerprint density at radius 3 is 3.07 bits per heavy atom. The highest BCUT2D eigenvalue weighted by atomic mass is 32.2. The molecule has 0 radical (unpaired) electrons. The fourth-order valence-electron chi connectivity index (χ4n) is 1.08. The summed E-state index contributed by atoms with van der Waals surface area (Å²) in [7, 11) is -3.41. The van der Waals surface area contributed by atoms with Crippen LogP contribution in [0, 0.1) is 0 Å². The molecule has 14 heavy (non-hydrogen) atoms. The molecule has 2 heterocycles. The maximum absolute atomic E-state index is 11.4. The first-order chi connectivity index (χ1) is 6.68. The van der Waals surface area contributed by atoms with E-state index < -0.39 is 10.2 Å². The summed E-state index contributed by atoms with van der Waals surface area (Å²) in [6, 6.07) is 0. The van der Waals surface area contributed by atoms with Crippen molar-refractivity contribution < 1.29 is 8.42 Å². The maximum atomic E-state index is 11.4. The number of rotatable bonds is 2. The van der Waals surface area contributed by atoms with Crippen molar-refractivity contribution in [2.45, 2.75) is 6.92 Å². The Bertz CT molecular complexity index is 500. The molecule has 0 aliphatic carbocycles. The van der Waals surface area contributed by atoms with E-state index in [4.69, 9.17) is 0 Å². The van der Waals surface area contributed by atoms with Crippen molar-refractivity contribution in [1.29, 1.82) is 0 Å². The van der Waals surface area contributed by atoms with Crippen LogP contribution in [0.1, 0.15) is 6.92 Å². The quantitative estimate of drug-likeness (QED) is 0.525. The van der Waals surface area contributed by atoms with Crippen molar-refractivity contribution in [3.05, 3.63) is 24.7 Å². The number of aromatic nitrogens is 2. The molecule has 1 aliphatic rings. The molecule has 0 unspecified atom stereocenters. The largest absolute Gasteiger partial charge is 0.340 e. The van der Waals surface area contributed by atoms with Crippen molar-refractivity contribution in [3.63, 3.8) is 0 Å². The molecule has 0 bridgehead atoms. The van der Waals surface area contributed by atoms with Crippen molar-refractivity contribution in [3.8, 4) is 0 Å². The third-order valence-electron chi connectivity index (χ3n) is 1.69. The van der Waals surface area contributed by atoms with Gasteiger partial charge in [-0.2, -0.15) is 16.7 Å². The summed E-state index contributed by atoms with van der Waals surface area (Å²) in [5.41, 5.74) is 0. The Morgan fingerprint density at radius 2 is 2.36 bits per heavy atom. The number of aliphatic imine (C=N–C) groups is 1. The lowest BCUT2D eigenvalue weighted by atomic mass is 10.7. The molecule has 0 N–H and O–H groups in total. The van der Waals surface area contributed by atoms with Gasteiger partial charge in [0.15, 0.2) is 0 Å². The Balaban J connectivity index is 2.34. The van der Waals surface area contributed by atoms with E-state index in [1.165, 1.54) is 24.9 Å². The first-order valence-electron chi connectivity index (χ1n) is 3.90. The van der Waals surface area contributed by atoms with Gasteiger partial charge in [0.05, 0.1) is 0 Å². The molecule has 1 aliphatic heterocycles. The monoisotopic (exact) mass is 212 g/mol. The topological polar surface area (TPSA) is 67.6 Å². The number of nitrogens with zero attached hydrogens (tertiary/aromatic N) is 4. The van der Waals surface area contributed by atoms with Crippen LogP contribution < -0.4 is 4.31 Å². The zero-order valence-electron chi connectivity index (χ0n) is 7.40. The zero-order valence-corrected chi connectivity index (χ0v) is 8.22. The second-order valence-electron chi connectivity index (χ2n) is 2.57. The highest BCUT2D eigenvalue weighted by Gasteiger charge is 2.39. The molecule has 2 rings (SSSR count). The van der Waals surface area contributed by atoms with Gasteiger partial charge in [0.1, 0.15) is 6.34 Å². The van der Waals surface area contributed by atoms with Crippen molar-refractivity contribution in [2.24, 2.45) is 4.99 Å². The van der Waals surface area contributed by atoms with Crippen molar-refractivity contribution >= 4 is 22.5 Å². The van der Waals surface area contributed by atoms with Gasteiger partial charge in [0, 0.05) is 18.6 Å². The first kappa shape index (κ1) is 8.95. The highest BCUT2D eigenvalue weighted by Crippen LogP contribution is 2.27. The van der Waals surface area contributed by atoms with Crippen LogP contribution >= 0.6 is 0 Å². The summed E-state index contributed by atoms with van der Waals surface area (Å²) in [6.07, 6.45) is 7.25. The number of fused-ring (bicyclic) bond motifs is 1. The van der Waals surface area contributed by atoms with Crippen LogP contribution in [-0.2, 0) is 10.2 Å². The summed E-state index contributed by atoms with van der Waals surface area (Å²) in [5.74, 6) is 0.359. The van der Waals surface area contributed by atoms with E-state index >= 15 is 0 Å². The molecule has 7 heteroatoms. The molecule has 0 saturated heterocycles. The van der Waals surface area contributed by atoms with E-state index in [1.54, 1.807) is 13.0 Å². The number of hydrogen-bond donors (Lipinski definition) is 0. The third kappa shape index (κ3) is 1.06. The van der Waals surface area contributed by atoms with E-state index in [1.807, 2.05) is 0 Å². The van der Waals surface area contributed by atoms with Crippen molar-refractivity contribution in [2.75, 3.05) is 4.31 Å². The minimum Gasteiger partial charge on any atom is -0.246 e. The lowest BCUT2D eigenvalue weighted by molar-refractivity contribution is 0.579. The fraction of sp³-hybridized carbons (Fsp3) is 0.143. The Labute approximate surface area is 81.4 Å². The molecule has 1 aromatic heterocycles. The molecule has 74 valence electrons. The summed E-state index contributed by atoms with van der Waals surface area (Å²) in [6.45, 7) is 1.79. The Kier molecular flexibility index (Phi) is 1.88. The average Bonchev–Trinajstić information content (AvgIpc) is 2.58. The van der Waals surface area contributed by atoms with Gasteiger partial charge in [-0.25, -0.2) is 9.98 Å². The number of hydrogen-bond acceptors (Lipinski definition) is 4. The van der Waals surface area contributed by atoms with Crippen LogP contribution in [0.15, 0.2) is 29.7 Å². The molecular weight excluding hydrogens is 204 g/mol. The van der Waals surface area contributed by atoms with Crippen LogP contribution in [0.3, 0.4) is 0 Å². The molecule has 0 aromatic carbocycles. The van der Waals surface area contributed by atoms with E-state index in [0.717, 1.165) is 8.28 Å². The highest BCUT2D eigenvalue weighted by molar-refractivity contribution is 7.93. The predicted octanol–water partition coefficient (Wildman–Crippen LogP) is 0.358. The summed E-state index contributed by atoms with van der Waals surface area (Å²) >= 11 is 0. The van der Waals surface area contributed by atoms with Crippen LogP contribution in [-0.4, -0.2) is 23.7 Å². The van der Waals surface area contributed by atoms with Gasteiger partial charge in [-0.15, -0.1) is 0 Å². The summed E-state index contributed by atoms with van der Waals surface area (Å²) < 4.78 is 25.0. The second kappa shape index (κ2) is 2.95. The molecule has 0 fully saturated rings. The number of imidazole rings is 1. The zero-order chi connectivity index (χ0) is 10.2. The van der Waals surface area contributed by atoms with Gasteiger partial charge in [0.2, 0.25) is 5.95 Å². The average molecular weight is 212 g/mol. The van der Waals surface area contributed by atoms with Crippen molar-refractivity contribution in [1.82, 2.24) is 8.96 Å². The van der Waals surface area contributed by atoms with Crippen LogP contribution in [0.2, 0.25) is 0 Å². The minimum atomic E-state index is -3.41. The van der Waals surface area contributed by atoms with Crippen LogP contribution in [0.5, 0.6) is 0 Å². The van der Waals surface area contributed by atoms with Gasteiger partial charge in [-0.3, -0.25) is 0 Å². The van der Waals surface area contributed by atoms with Gasteiger partial charge >= 0.3 is 10.2 Å². The van der Waals surface area contributed by atoms with Gasteiger partial charge < -0.3 is 0 Å². The Morgan fingerprint density at radius 1 is 1.57 bits per heavy atom. The minimum absolute atomic E-state index is 0.359. The molecular formula is C7H8N4O2S. The molecule has 1 aromatic rings. The molecule has 0 spiro atoms. The summed E-state index contributed by atoms with van der Waals surface area (Å²) in [5, 5.41) is 0. The number of anilines is 1.